The van der Waals surface area contributed by atoms with E-state index in [4.69, 9.17) is 5.73 Å². The molecule has 0 aliphatic heterocycles. The summed E-state index contributed by atoms with van der Waals surface area (Å²) in [6.07, 6.45) is 0.582. The van der Waals surface area contributed by atoms with Crippen LogP contribution in [0, 0.1) is 0 Å². The highest BCUT2D eigenvalue weighted by Crippen LogP contribution is 1.92. The van der Waals surface area contributed by atoms with Gasteiger partial charge in [0, 0.05) is 6.54 Å². The van der Waals surface area contributed by atoms with Gasteiger partial charge in [0.2, 0.25) is 0 Å². The molecule has 1 atom stereocenters. The highest BCUT2D eigenvalue weighted by Gasteiger charge is 2.06. The monoisotopic (exact) mass is 153 g/mol. The number of hydrogen-bond acceptors (Lipinski definition) is 4. The van der Waals surface area contributed by atoms with Crippen LogP contribution in [0.1, 0.15) is 6.92 Å². The predicted molar refractivity (Wildman–Crippen MR) is 34.4 cm³/mol. The molecule has 2 N–H and O–H groups in total. The van der Waals surface area contributed by atoms with Gasteiger partial charge in [-0.15, -0.1) is 0 Å². The van der Waals surface area contributed by atoms with E-state index < -0.39 is 16.2 Å². The van der Waals surface area contributed by atoms with Crippen molar-refractivity contribution in [1.82, 2.24) is 0 Å². The molecule has 0 aromatic rings. The van der Waals surface area contributed by atoms with Crippen LogP contribution < -0.4 is 5.73 Å². The second-order valence-corrected chi connectivity index (χ2v) is 3.45. The normalized spacial score (nSPS) is 15.4. The van der Waals surface area contributed by atoms with E-state index in [9.17, 15) is 8.42 Å². The van der Waals surface area contributed by atoms with Crippen molar-refractivity contribution < 1.29 is 12.6 Å². The molecule has 0 aromatic carbocycles. The minimum absolute atomic E-state index is 0.215. The summed E-state index contributed by atoms with van der Waals surface area (Å²) in [7, 11) is -3.32. The van der Waals surface area contributed by atoms with Crippen molar-refractivity contribution in [2.45, 2.75) is 13.0 Å². The molecule has 9 heavy (non-hydrogen) atoms. The van der Waals surface area contributed by atoms with Crippen molar-refractivity contribution >= 4 is 10.1 Å². The van der Waals surface area contributed by atoms with Gasteiger partial charge in [0.05, 0.1) is 12.4 Å². The summed E-state index contributed by atoms with van der Waals surface area (Å²) in [4.78, 5) is 0. The molecule has 0 saturated heterocycles. The van der Waals surface area contributed by atoms with Crippen LogP contribution in [0.2, 0.25) is 0 Å². The van der Waals surface area contributed by atoms with Crippen LogP contribution in [-0.2, 0) is 14.3 Å². The Morgan fingerprint density at radius 1 is 1.67 bits per heavy atom. The van der Waals surface area contributed by atoms with Crippen LogP contribution in [-0.4, -0.2) is 27.3 Å². The Kier molecular flexibility index (Phi) is 3.10. The number of rotatable bonds is 3. The first-order valence-corrected chi connectivity index (χ1v) is 4.35. The first kappa shape index (κ1) is 8.87. The standard InChI is InChI=1S/C4H11NO3S/c1-4(3-5)8-9(2,6)7/h4H,3,5H2,1-2H3. The Morgan fingerprint density at radius 3 is 2.22 bits per heavy atom. The molecule has 0 saturated carbocycles. The zero-order valence-electron chi connectivity index (χ0n) is 5.49. The lowest BCUT2D eigenvalue weighted by Crippen LogP contribution is -2.22. The van der Waals surface area contributed by atoms with Crippen molar-refractivity contribution in [2.24, 2.45) is 5.73 Å². The molecule has 0 spiro atoms. The van der Waals surface area contributed by atoms with E-state index in [0.717, 1.165) is 6.26 Å². The van der Waals surface area contributed by atoms with Gasteiger partial charge in [0.15, 0.2) is 0 Å². The van der Waals surface area contributed by atoms with Crippen molar-refractivity contribution in [3.05, 3.63) is 0 Å². The number of hydrogen-bond donors (Lipinski definition) is 1. The van der Waals surface area contributed by atoms with E-state index in [1.165, 1.54) is 0 Å². The molecule has 1 unspecified atom stereocenters. The first-order valence-electron chi connectivity index (χ1n) is 2.54. The summed E-state index contributed by atoms with van der Waals surface area (Å²) < 4.78 is 25.1. The maximum absolute atomic E-state index is 10.3. The second kappa shape index (κ2) is 3.14. The van der Waals surface area contributed by atoms with Crippen LogP contribution in [0.15, 0.2) is 0 Å². The smallest absolute Gasteiger partial charge is 0.264 e. The maximum Gasteiger partial charge on any atom is 0.264 e. The molecule has 0 fully saturated rings. The average Bonchev–Trinajstić information content (AvgIpc) is 1.62. The van der Waals surface area contributed by atoms with Gasteiger partial charge in [0.1, 0.15) is 0 Å². The molecule has 0 bridgehead atoms. The third-order valence-electron chi connectivity index (χ3n) is 0.671. The van der Waals surface area contributed by atoms with Gasteiger partial charge in [-0.25, -0.2) is 0 Å². The van der Waals surface area contributed by atoms with E-state index in [1.54, 1.807) is 6.92 Å². The maximum atomic E-state index is 10.3. The Labute approximate surface area is 55.1 Å². The minimum atomic E-state index is -3.32. The Balaban J connectivity index is 3.75. The molecule has 4 nitrogen and oxygen atoms in total. The molecule has 0 heterocycles. The van der Waals surface area contributed by atoms with Gasteiger partial charge in [0.25, 0.3) is 10.1 Å². The summed E-state index contributed by atoms with van der Waals surface area (Å²) >= 11 is 0. The average molecular weight is 153 g/mol. The van der Waals surface area contributed by atoms with Gasteiger partial charge in [-0.05, 0) is 6.92 Å². The van der Waals surface area contributed by atoms with Gasteiger partial charge in [-0.1, -0.05) is 0 Å². The largest absolute Gasteiger partial charge is 0.328 e. The molecule has 0 amide bonds. The van der Waals surface area contributed by atoms with Crippen LogP contribution in [0.5, 0.6) is 0 Å². The third kappa shape index (κ3) is 5.75. The molecule has 0 aliphatic rings. The predicted octanol–water partition coefficient (Wildman–Crippen LogP) is -0.690. The Bertz CT molecular complexity index is 163. The zero-order chi connectivity index (χ0) is 7.49. The van der Waals surface area contributed by atoms with Gasteiger partial charge < -0.3 is 5.73 Å². The summed E-state index contributed by atoms with van der Waals surface area (Å²) in [5.74, 6) is 0. The SMILES string of the molecule is CC(CN)OS(C)(=O)=O. The number of nitrogens with two attached hydrogens (primary N) is 1. The first-order chi connectivity index (χ1) is 3.95. The van der Waals surface area contributed by atoms with E-state index >= 15 is 0 Å². The molecular formula is C4H11NO3S. The highest BCUT2D eigenvalue weighted by molar-refractivity contribution is 7.86. The molecule has 0 aromatic heterocycles. The van der Waals surface area contributed by atoms with Crippen molar-refractivity contribution in [1.29, 1.82) is 0 Å². The van der Waals surface area contributed by atoms with E-state index in [2.05, 4.69) is 4.18 Å². The van der Waals surface area contributed by atoms with Crippen molar-refractivity contribution in [3.8, 4) is 0 Å². The fraction of sp³-hybridized carbons (Fsp3) is 1.00. The zero-order valence-corrected chi connectivity index (χ0v) is 6.31. The van der Waals surface area contributed by atoms with Crippen LogP contribution in [0.3, 0.4) is 0 Å². The van der Waals surface area contributed by atoms with Crippen molar-refractivity contribution in [2.75, 3.05) is 12.8 Å². The molecule has 0 aliphatic carbocycles. The quantitative estimate of drug-likeness (QED) is 0.545. The lowest BCUT2D eigenvalue weighted by molar-refractivity contribution is 0.239. The molecule has 0 radical (unpaired) electrons. The topological polar surface area (TPSA) is 69.4 Å². The Morgan fingerprint density at radius 2 is 2.11 bits per heavy atom. The van der Waals surface area contributed by atoms with Crippen molar-refractivity contribution in [3.63, 3.8) is 0 Å². The molecule has 56 valence electrons. The summed E-state index contributed by atoms with van der Waals surface area (Å²) in [5.41, 5.74) is 5.09. The highest BCUT2D eigenvalue weighted by atomic mass is 32.2. The van der Waals surface area contributed by atoms with Crippen LogP contribution in [0.25, 0.3) is 0 Å². The van der Waals surface area contributed by atoms with E-state index in [-0.39, 0.29) is 6.54 Å². The summed E-state index contributed by atoms with van der Waals surface area (Å²) in [5, 5.41) is 0. The lowest BCUT2D eigenvalue weighted by atomic mass is 10.4. The Hall–Kier alpha value is -0.130. The van der Waals surface area contributed by atoms with Gasteiger partial charge in [-0.3, -0.25) is 4.18 Å². The second-order valence-electron chi connectivity index (χ2n) is 1.85. The van der Waals surface area contributed by atoms with Crippen LogP contribution >= 0.6 is 0 Å². The lowest BCUT2D eigenvalue weighted by Gasteiger charge is -2.05. The van der Waals surface area contributed by atoms with E-state index in [0.29, 0.717) is 0 Å². The summed E-state index contributed by atoms with van der Waals surface area (Å²) in [6.45, 7) is 1.81. The fourth-order valence-electron chi connectivity index (χ4n) is 0.338. The molecular weight excluding hydrogens is 142 g/mol. The van der Waals surface area contributed by atoms with Gasteiger partial charge >= 0.3 is 0 Å². The van der Waals surface area contributed by atoms with E-state index in [1.807, 2.05) is 0 Å². The summed E-state index contributed by atoms with van der Waals surface area (Å²) in [6, 6.07) is 0. The van der Waals surface area contributed by atoms with Crippen LogP contribution in [0.4, 0.5) is 0 Å². The molecule has 5 heteroatoms. The fourth-order valence-corrected chi connectivity index (χ4v) is 1.01. The minimum Gasteiger partial charge on any atom is -0.328 e. The van der Waals surface area contributed by atoms with Gasteiger partial charge in [-0.2, -0.15) is 8.42 Å². The third-order valence-corrected chi connectivity index (χ3v) is 1.35. The molecule has 0 rings (SSSR count).